The summed E-state index contributed by atoms with van der Waals surface area (Å²) < 4.78 is 24.9. The fourth-order valence-electron chi connectivity index (χ4n) is 4.87. The van der Waals surface area contributed by atoms with E-state index in [4.69, 9.17) is 9.47 Å². The SMILES string of the molecule is CCOc1ccccc1[C@@H]1C(C(=O)OC(C)C)=C(C)NC2=C1C(=O)C[C@@H](c1ccc(F)cc1)C2. The number of benzene rings is 2. The van der Waals surface area contributed by atoms with Crippen molar-refractivity contribution in [3.05, 3.63) is 88.0 Å². The quantitative estimate of drug-likeness (QED) is 0.570. The van der Waals surface area contributed by atoms with Crippen LogP contribution in [0.15, 0.2) is 71.1 Å². The van der Waals surface area contributed by atoms with Gasteiger partial charge in [-0.05, 0) is 63.8 Å². The molecule has 0 spiro atoms. The van der Waals surface area contributed by atoms with Crippen LogP contribution < -0.4 is 10.1 Å². The van der Waals surface area contributed by atoms with Gasteiger partial charge in [0.2, 0.25) is 0 Å². The Balaban J connectivity index is 1.82. The number of nitrogens with one attached hydrogen (secondary N) is 1. The zero-order chi connectivity index (χ0) is 24.4. The second kappa shape index (κ2) is 9.84. The number of ketones is 1. The van der Waals surface area contributed by atoms with Crippen LogP contribution in [0, 0.1) is 5.82 Å². The Hall–Kier alpha value is -3.41. The van der Waals surface area contributed by atoms with E-state index < -0.39 is 11.9 Å². The monoisotopic (exact) mass is 463 g/mol. The van der Waals surface area contributed by atoms with Crippen LogP contribution in [0.1, 0.15) is 63.5 Å². The molecule has 0 saturated heterocycles. The number of allylic oxidation sites excluding steroid dienone is 3. The van der Waals surface area contributed by atoms with Gasteiger partial charge in [0, 0.05) is 29.0 Å². The van der Waals surface area contributed by atoms with Gasteiger partial charge in [-0.3, -0.25) is 4.79 Å². The zero-order valence-electron chi connectivity index (χ0n) is 20.0. The summed E-state index contributed by atoms with van der Waals surface area (Å²) in [7, 11) is 0. The van der Waals surface area contributed by atoms with Crippen LogP contribution in [0.3, 0.4) is 0 Å². The summed E-state index contributed by atoms with van der Waals surface area (Å²) in [6, 6.07) is 13.8. The van der Waals surface area contributed by atoms with E-state index >= 15 is 0 Å². The van der Waals surface area contributed by atoms with Gasteiger partial charge in [-0.2, -0.15) is 0 Å². The third-order valence-electron chi connectivity index (χ3n) is 6.26. The van der Waals surface area contributed by atoms with Crippen molar-refractivity contribution in [2.75, 3.05) is 6.61 Å². The smallest absolute Gasteiger partial charge is 0.337 e. The standard InChI is InChI=1S/C28H30FNO4/c1-5-33-24-9-7-6-8-21(24)26-25(28(32)34-16(2)3)17(4)30-22-14-19(15-23(31)27(22)26)18-10-12-20(29)13-11-18/h6-13,16,19,26,30H,5,14-15H2,1-4H3/t19-,26+/m0/s1. The number of hydrogen-bond acceptors (Lipinski definition) is 5. The van der Waals surface area contributed by atoms with E-state index in [0.717, 1.165) is 16.8 Å². The van der Waals surface area contributed by atoms with E-state index in [-0.39, 0.29) is 30.0 Å². The first-order valence-electron chi connectivity index (χ1n) is 11.7. The number of halogens is 1. The first-order valence-corrected chi connectivity index (χ1v) is 11.7. The van der Waals surface area contributed by atoms with E-state index in [2.05, 4.69) is 5.32 Å². The molecule has 0 unspecified atom stereocenters. The first kappa shape index (κ1) is 23.7. The molecular weight excluding hydrogens is 433 g/mol. The van der Waals surface area contributed by atoms with Crippen LogP contribution >= 0.6 is 0 Å². The van der Waals surface area contributed by atoms with E-state index in [0.29, 0.717) is 35.6 Å². The summed E-state index contributed by atoms with van der Waals surface area (Å²) in [6.45, 7) is 7.80. The first-order chi connectivity index (χ1) is 16.3. The van der Waals surface area contributed by atoms with Gasteiger partial charge < -0.3 is 14.8 Å². The molecule has 2 aromatic carbocycles. The Bertz CT molecular complexity index is 1160. The number of dihydropyridines is 1. The normalized spacial score (nSPS) is 20.2. The number of rotatable bonds is 6. The Morgan fingerprint density at radius 3 is 2.50 bits per heavy atom. The minimum Gasteiger partial charge on any atom is -0.494 e. The second-order valence-corrected chi connectivity index (χ2v) is 8.99. The van der Waals surface area contributed by atoms with Crippen molar-refractivity contribution in [2.24, 2.45) is 0 Å². The predicted molar refractivity (Wildman–Crippen MR) is 128 cm³/mol. The van der Waals surface area contributed by atoms with Gasteiger partial charge in [-0.25, -0.2) is 9.18 Å². The number of esters is 1. The summed E-state index contributed by atoms with van der Waals surface area (Å²) in [6.07, 6.45) is 0.574. The molecule has 0 fully saturated rings. The molecule has 1 heterocycles. The van der Waals surface area contributed by atoms with Crippen molar-refractivity contribution < 1.29 is 23.5 Å². The highest BCUT2D eigenvalue weighted by molar-refractivity contribution is 6.04. The van der Waals surface area contributed by atoms with Crippen molar-refractivity contribution in [1.82, 2.24) is 5.32 Å². The number of carbonyl (C=O) groups is 2. The maximum Gasteiger partial charge on any atom is 0.337 e. The van der Waals surface area contributed by atoms with Crippen molar-refractivity contribution >= 4 is 11.8 Å². The van der Waals surface area contributed by atoms with E-state index in [1.54, 1.807) is 26.0 Å². The Morgan fingerprint density at radius 1 is 1.12 bits per heavy atom. The number of ether oxygens (including phenoxy) is 2. The highest BCUT2D eigenvalue weighted by Gasteiger charge is 2.42. The number of carbonyl (C=O) groups excluding carboxylic acids is 2. The summed E-state index contributed by atoms with van der Waals surface area (Å²) in [5.74, 6) is -0.815. The third-order valence-corrected chi connectivity index (χ3v) is 6.26. The molecule has 2 atom stereocenters. The fraction of sp³-hybridized carbons (Fsp3) is 0.357. The van der Waals surface area contributed by atoms with Crippen LogP contribution in [-0.4, -0.2) is 24.5 Å². The summed E-state index contributed by atoms with van der Waals surface area (Å²) in [5.41, 5.74) is 4.14. The van der Waals surface area contributed by atoms with Gasteiger partial charge >= 0.3 is 5.97 Å². The summed E-state index contributed by atoms with van der Waals surface area (Å²) >= 11 is 0. The van der Waals surface area contributed by atoms with E-state index in [9.17, 15) is 14.0 Å². The van der Waals surface area contributed by atoms with Gasteiger partial charge in [-0.1, -0.05) is 30.3 Å². The zero-order valence-corrected chi connectivity index (χ0v) is 20.0. The lowest BCUT2D eigenvalue weighted by atomic mass is 9.71. The molecule has 34 heavy (non-hydrogen) atoms. The average molecular weight is 464 g/mol. The fourth-order valence-corrected chi connectivity index (χ4v) is 4.87. The van der Waals surface area contributed by atoms with E-state index in [1.807, 2.05) is 38.1 Å². The Labute approximate surface area is 199 Å². The topological polar surface area (TPSA) is 64.6 Å². The molecule has 5 nitrogen and oxygen atoms in total. The molecule has 2 aromatic rings. The molecule has 1 N–H and O–H groups in total. The second-order valence-electron chi connectivity index (χ2n) is 8.99. The molecule has 1 aliphatic heterocycles. The van der Waals surface area contributed by atoms with Crippen LogP contribution in [0.25, 0.3) is 0 Å². The van der Waals surface area contributed by atoms with Crippen LogP contribution in [0.5, 0.6) is 5.75 Å². The molecular formula is C28H30FNO4. The number of hydrogen-bond donors (Lipinski definition) is 1. The molecule has 178 valence electrons. The van der Waals surface area contributed by atoms with Gasteiger partial charge in [0.05, 0.1) is 24.2 Å². The van der Waals surface area contributed by atoms with E-state index in [1.165, 1.54) is 12.1 Å². The lowest BCUT2D eigenvalue weighted by Crippen LogP contribution is -2.36. The summed E-state index contributed by atoms with van der Waals surface area (Å²) in [5, 5.41) is 3.34. The highest BCUT2D eigenvalue weighted by atomic mass is 19.1. The predicted octanol–water partition coefficient (Wildman–Crippen LogP) is 5.54. The van der Waals surface area contributed by atoms with Crippen molar-refractivity contribution in [3.8, 4) is 5.75 Å². The molecule has 2 aliphatic rings. The van der Waals surface area contributed by atoms with Gasteiger partial charge in [0.15, 0.2) is 5.78 Å². The number of para-hydroxylation sites is 1. The molecule has 0 amide bonds. The molecule has 6 heteroatoms. The molecule has 0 saturated carbocycles. The van der Waals surface area contributed by atoms with Gasteiger partial charge in [0.25, 0.3) is 0 Å². The molecule has 0 aromatic heterocycles. The van der Waals surface area contributed by atoms with Crippen LogP contribution in [-0.2, 0) is 14.3 Å². The third kappa shape index (κ3) is 4.63. The summed E-state index contributed by atoms with van der Waals surface area (Å²) in [4.78, 5) is 26.9. The molecule has 0 radical (unpaired) electrons. The van der Waals surface area contributed by atoms with Crippen LogP contribution in [0.2, 0.25) is 0 Å². The largest absolute Gasteiger partial charge is 0.494 e. The molecule has 4 rings (SSSR count). The Kier molecular flexibility index (Phi) is 6.87. The molecule has 1 aliphatic carbocycles. The highest BCUT2D eigenvalue weighted by Crippen LogP contribution is 2.47. The number of Topliss-reactive ketones (excluding diaryl/α,β-unsaturated/α-hetero) is 1. The van der Waals surface area contributed by atoms with Crippen LogP contribution in [0.4, 0.5) is 4.39 Å². The maximum absolute atomic E-state index is 13.6. The maximum atomic E-state index is 13.6. The minimum atomic E-state index is -0.591. The Morgan fingerprint density at radius 2 is 1.82 bits per heavy atom. The van der Waals surface area contributed by atoms with Crippen molar-refractivity contribution in [2.45, 2.75) is 58.5 Å². The average Bonchev–Trinajstić information content (AvgIpc) is 2.78. The minimum absolute atomic E-state index is 0.0401. The lowest BCUT2D eigenvalue weighted by molar-refractivity contribution is -0.143. The lowest BCUT2D eigenvalue weighted by Gasteiger charge is -2.37. The van der Waals surface area contributed by atoms with Gasteiger partial charge in [0.1, 0.15) is 11.6 Å². The van der Waals surface area contributed by atoms with Gasteiger partial charge in [-0.15, -0.1) is 0 Å². The molecule has 0 bridgehead atoms. The van der Waals surface area contributed by atoms with Crippen molar-refractivity contribution in [1.29, 1.82) is 0 Å². The van der Waals surface area contributed by atoms with Crippen molar-refractivity contribution in [3.63, 3.8) is 0 Å².